The van der Waals surface area contributed by atoms with E-state index in [2.05, 4.69) is 14.7 Å². The lowest BCUT2D eigenvalue weighted by molar-refractivity contribution is 0.0594. The molecular formula is C13H13N3O2S. The zero-order chi connectivity index (χ0) is 13.7. The van der Waals surface area contributed by atoms with Crippen LogP contribution in [0.4, 0.5) is 5.82 Å². The van der Waals surface area contributed by atoms with Crippen LogP contribution in [0.5, 0.6) is 0 Å². The van der Waals surface area contributed by atoms with Gasteiger partial charge in [0.05, 0.1) is 12.8 Å². The van der Waals surface area contributed by atoms with Gasteiger partial charge in [-0.15, -0.1) is 11.8 Å². The number of carbonyl (C=O) groups is 1. The minimum Gasteiger partial charge on any atom is -0.464 e. The van der Waals surface area contributed by atoms with Crippen molar-refractivity contribution in [2.75, 3.05) is 12.8 Å². The van der Waals surface area contributed by atoms with Crippen molar-refractivity contribution in [1.29, 1.82) is 0 Å². The molecule has 0 unspecified atom stereocenters. The zero-order valence-electron chi connectivity index (χ0n) is 10.4. The number of aromatic nitrogens is 2. The fourth-order valence-corrected chi connectivity index (χ4v) is 2.18. The van der Waals surface area contributed by atoms with Gasteiger partial charge >= 0.3 is 5.97 Å². The smallest absolute Gasteiger partial charge is 0.356 e. The molecule has 0 aliphatic heterocycles. The van der Waals surface area contributed by atoms with Crippen molar-refractivity contribution in [3.8, 4) is 0 Å². The van der Waals surface area contributed by atoms with Crippen molar-refractivity contribution in [3.05, 3.63) is 47.9 Å². The number of methoxy groups -OCH3 is 1. The van der Waals surface area contributed by atoms with Crippen LogP contribution < -0.4 is 5.73 Å². The average Bonchev–Trinajstić information content (AvgIpc) is 2.46. The second-order valence-electron chi connectivity index (χ2n) is 3.71. The van der Waals surface area contributed by atoms with Gasteiger partial charge in [0.2, 0.25) is 0 Å². The van der Waals surface area contributed by atoms with Crippen LogP contribution in [0.1, 0.15) is 16.2 Å². The third-order valence-corrected chi connectivity index (χ3v) is 3.36. The topological polar surface area (TPSA) is 78.1 Å². The number of thioether (sulfide) groups is 1. The van der Waals surface area contributed by atoms with Crippen LogP contribution in [0.3, 0.4) is 0 Å². The summed E-state index contributed by atoms with van der Waals surface area (Å²) in [6, 6.07) is 8.93. The van der Waals surface area contributed by atoms with E-state index in [4.69, 9.17) is 5.73 Å². The molecule has 6 heteroatoms. The van der Waals surface area contributed by atoms with Gasteiger partial charge in [-0.25, -0.2) is 14.8 Å². The van der Waals surface area contributed by atoms with Crippen LogP contribution in [-0.2, 0) is 10.5 Å². The van der Waals surface area contributed by atoms with E-state index in [1.165, 1.54) is 7.11 Å². The van der Waals surface area contributed by atoms with Gasteiger partial charge in [0, 0.05) is 16.8 Å². The summed E-state index contributed by atoms with van der Waals surface area (Å²) in [7, 11) is 1.34. The highest BCUT2D eigenvalue weighted by molar-refractivity contribution is 7.98. The Morgan fingerprint density at radius 1 is 1.37 bits per heavy atom. The van der Waals surface area contributed by atoms with Gasteiger partial charge in [-0.1, -0.05) is 6.07 Å². The number of anilines is 1. The van der Waals surface area contributed by atoms with Crippen LogP contribution in [0.2, 0.25) is 0 Å². The molecule has 2 heterocycles. The van der Waals surface area contributed by atoms with Crippen LogP contribution in [-0.4, -0.2) is 23.0 Å². The van der Waals surface area contributed by atoms with Crippen LogP contribution in [0.15, 0.2) is 41.4 Å². The summed E-state index contributed by atoms with van der Waals surface area (Å²) in [4.78, 5) is 20.6. The van der Waals surface area contributed by atoms with E-state index in [9.17, 15) is 4.79 Å². The Morgan fingerprint density at radius 3 is 2.89 bits per heavy atom. The molecule has 0 aliphatic carbocycles. The number of rotatable bonds is 4. The van der Waals surface area contributed by atoms with Gasteiger partial charge in [-0.2, -0.15) is 0 Å². The Morgan fingerprint density at radius 2 is 2.21 bits per heavy atom. The highest BCUT2D eigenvalue weighted by Gasteiger charge is 2.07. The van der Waals surface area contributed by atoms with Gasteiger partial charge in [0.1, 0.15) is 11.5 Å². The molecule has 0 bridgehead atoms. The van der Waals surface area contributed by atoms with E-state index in [1.54, 1.807) is 36.2 Å². The number of nitrogens with zero attached hydrogens (tertiary/aromatic N) is 2. The van der Waals surface area contributed by atoms with Crippen molar-refractivity contribution in [1.82, 2.24) is 9.97 Å². The first-order valence-corrected chi connectivity index (χ1v) is 6.56. The van der Waals surface area contributed by atoms with Crippen molar-refractivity contribution < 1.29 is 9.53 Å². The first-order chi connectivity index (χ1) is 9.19. The Bertz CT molecular complexity index is 572. The molecule has 0 spiro atoms. The number of nitrogens with two attached hydrogens (primary N) is 1. The number of nitrogen functional groups attached to an aromatic ring is 1. The van der Waals surface area contributed by atoms with Gasteiger partial charge in [-0.3, -0.25) is 0 Å². The van der Waals surface area contributed by atoms with Crippen molar-refractivity contribution in [2.45, 2.75) is 10.6 Å². The minimum atomic E-state index is -0.430. The van der Waals surface area contributed by atoms with Crippen LogP contribution in [0.25, 0.3) is 0 Å². The molecule has 0 radical (unpaired) electrons. The second-order valence-corrected chi connectivity index (χ2v) is 4.76. The van der Waals surface area contributed by atoms with Crippen LogP contribution >= 0.6 is 11.8 Å². The highest BCUT2D eigenvalue weighted by Crippen LogP contribution is 2.21. The summed E-state index contributed by atoms with van der Waals surface area (Å²) < 4.78 is 4.64. The van der Waals surface area contributed by atoms with Gasteiger partial charge < -0.3 is 10.5 Å². The number of hydrogen-bond donors (Lipinski definition) is 1. The predicted molar refractivity (Wildman–Crippen MR) is 73.8 cm³/mol. The summed E-state index contributed by atoms with van der Waals surface area (Å²) >= 11 is 1.58. The number of ether oxygens (including phenoxy) is 1. The number of esters is 1. The predicted octanol–water partition coefficient (Wildman–Crippen LogP) is 2.14. The first-order valence-electron chi connectivity index (χ1n) is 5.57. The number of hydrogen-bond acceptors (Lipinski definition) is 6. The third-order valence-electron chi connectivity index (χ3n) is 2.35. The molecule has 0 aliphatic rings. The molecule has 0 aromatic carbocycles. The third kappa shape index (κ3) is 3.69. The molecular weight excluding hydrogens is 262 g/mol. The molecule has 0 saturated heterocycles. The van der Waals surface area contributed by atoms with E-state index < -0.39 is 5.97 Å². The fourth-order valence-electron chi connectivity index (χ4n) is 1.41. The summed E-state index contributed by atoms with van der Waals surface area (Å²) in [6.07, 6.45) is 1.71. The van der Waals surface area contributed by atoms with Crippen molar-refractivity contribution >= 4 is 23.5 Å². The first kappa shape index (κ1) is 13.4. The second kappa shape index (κ2) is 6.19. The summed E-state index contributed by atoms with van der Waals surface area (Å²) in [6.45, 7) is 0. The highest BCUT2D eigenvalue weighted by atomic mass is 32.2. The summed E-state index contributed by atoms with van der Waals surface area (Å²) in [5.74, 6) is 0.715. The molecule has 0 fully saturated rings. The van der Waals surface area contributed by atoms with Crippen LogP contribution in [0, 0.1) is 0 Å². The van der Waals surface area contributed by atoms with E-state index in [1.807, 2.05) is 12.1 Å². The molecule has 2 N–H and O–H groups in total. The van der Waals surface area contributed by atoms with Gasteiger partial charge in [-0.05, 0) is 24.3 Å². The minimum absolute atomic E-state index is 0.316. The summed E-state index contributed by atoms with van der Waals surface area (Å²) in [5.41, 5.74) is 6.64. The maximum Gasteiger partial charge on any atom is 0.356 e. The van der Waals surface area contributed by atoms with Gasteiger partial charge in [0.25, 0.3) is 0 Å². The Labute approximate surface area is 115 Å². The van der Waals surface area contributed by atoms with Crippen molar-refractivity contribution in [2.24, 2.45) is 0 Å². The lowest BCUT2D eigenvalue weighted by Crippen LogP contribution is -2.05. The Balaban J connectivity index is 2.03. The largest absolute Gasteiger partial charge is 0.464 e. The summed E-state index contributed by atoms with van der Waals surface area (Å²) in [5, 5.41) is 0. The molecule has 5 nitrogen and oxygen atoms in total. The van der Waals surface area contributed by atoms with E-state index in [0.29, 0.717) is 17.3 Å². The quantitative estimate of drug-likeness (QED) is 0.680. The zero-order valence-corrected chi connectivity index (χ0v) is 11.2. The molecule has 19 heavy (non-hydrogen) atoms. The monoisotopic (exact) mass is 275 g/mol. The Hall–Kier alpha value is -2.08. The maximum atomic E-state index is 11.4. The lowest BCUT2D eigenvalue weighted by Gasteiger charge is -2.03. The fraction of sp³-hybridized carbons (Fsp3) is 0.154. The van der Waals surface area contributed by atoms with Gasteiger partial charge in [0.15, 0.2) is 0 Å². The average molecular weight is 275 g/mol. The normalized spacial score (nSPS) is 10.2. The molecule has 0 saturated carbocycles. The van der Waals surface area contributed by atoms with E-state index in [-0.39, 0.29) is 0 Å². The molecule has 2 aromatic rings. The van der Waals surface area contributed by atoms with Crippen molar-refractivity contribution in [3.63, 3.8) is 0 Å². The molecule has 0 atom stereocenters. The number of carbonyl (C=O) groups excluding carboxylic acids is 1. The van der Waals surface area contributed by atoms with E-state index >= 15 is 0 Å². The standard InChI is InChI=1S/C13H13N3O2S/c1-18-13(17)11-4-2-3-9(16-11)8-19-10-5-6-12(14)15-7-10/h2-7H,8H2,1H3,(H2,14,15). The molecule has 98 valence electrons. The maximum absolute atomic E-state index is 11.4. The van der Waals surface area contributed by atoms with E-state index in [0.717, 1.165) is 10.6 Å². The molecule has 0 amide bonds. The Kier molecular flexibility index (Phi) is 4.35. The molecule has 2 aromatic heterocycles. The SMILES string of the molecule is COC(=O)c1cccc(CSc2ccc(N)nc2)n1. The lowest BCUT2D eigenvalue weighted by atomic mass is 10.3. The molecule has 2 rings (SSSR count). The number of pyridine rings is 2.